The van der Waals surface area contributed by atoms with Crippen LogP contribution in [0.4, 0.5) is 0 Å². The van der Waals surface area contributed by atoms with Crippen molar-refractivity contribution in [1.29, 1.82) is 0 Å². The van der Waals surface area contributed by atoms with Gasteiger partial charge in [0.15, 0.2) is 0 Å². The van der Waals surface area contributed by atoms with Gasteiger partial charge in [0.05, 0.1) is 10.6 Å². The number of benzene rings is 1. The predicted octanol–water partition coefficient (Wildman–Crippen LogP) is 4.95. The highest BCUT2D eigenvalue weighted by molar-refractivity contribution is 6.33. The molecular weight excluding hydrogens is 384 g/mol. The van der Waals surface area contributed by atoms with Crippen molar-refractivity contribution in [2.45, 2.75) is 64.2 Å². The zero-order valence-corrected chi connectivity index (χ0v) is 18.5. The minimum Gasteiger partial charge on any atom is -0.396 e. The van der Waals surface area contributed by atoms with E-state index in [0.717, 1.165) is 50.8 Å². The summed E-state index contributed by atoms with van der Waals surface area (Å²) in [6, 6.07) is 5.75. The molecule has 0 spiro atoms. The number of carbonyl (C=O) groups excluding carboxylic acids is 1. The molecule has 2 rings (SSSR count). The summed E-state index contributed by atoms with van der Waals surface area (Å²) in [5, 5.41) is 15.7. The van der Waals surface area contributed by atoms with Crippen LogP contribution in [0.25, 0.3) is 0 Å². The Balaban J connectivity index is 0.00000392. The number of aliphatic hydroxyl groups excluding tert-OH is 1. The Bertz CT molecular complexity index is 558. The number of carbonyl (C=O) groups is 1. The summed E-state index contributed by atoms with van der Waals surface area (Å²) in [7, 11) is 0. The van der Waals surface area contributed by atoms with Crippen LogP contribution < -0.4 is 10.6 Å². The van der Waals surface area contributed by atoms with Gasteiger partial charge in [0.1, 0.15) is 0 Å². The molecule has 1 aromatic rings. The van der Waals surface area contributed by atoms with Gasteiger partial charge in [-0.2, -0.15) is 0 Å². The zero-order valence-electron chi connectivity index (χ0n) is 17.8. The quantitative estimate of drug-likeness (QED) is 0.468. The van der Waals surface area contributed by atoms with Crippen LogP contribution in [0.2, 0.25) is 5.02 Å². The maximum Gasteiger partial charge on any atom is 0.252 e. The number of amides is 1. The van der Waals surface area contributed by atoms with Gasteiger partial charge in [0, 0.05) is 13.2 Å². The second-order valence-electron chi connectivity index (χ2n) is 7.45. The van der Waals surface area contributed by atoms with Crippen molar-refractivity contribution >= 4 is 17.5 Å². The molecule has 5 radical (unpaired) electrons. The highest BCUT2D eigenvalue weighted by Gasteiger charge is 2.16. The molecule has 1 aromatic carbocycles. The lowest BCUT2D eigenvalue weighted by molar-refractivity contribution is 0.0954. The average molecular weight is 422 g/mol. The molecular formula is C24H38ClN2O2. The van der Waals surface area contributed by atoms with Crippen LogP contribution in [0.5, 0.6) is 0 Å². The van der Waals surface area contributed by atoms with Crippen molar-refractivity contribution < 1.29 is 9.90 Å². The number of nitrogens with one attached hydrogen (secondary N) is 2. The summed E-state index contributed by atoms with van der Waals surface area (Å²) < 4.78 is 0. The van der Waals surface area contributed by atoms with Crippen LogP contribution in [0.15, 0.2) is 18.2 Å². The lowest BCUT2D eigenvalue weighted by Gasteiger charge is -2.19. The largest absolute Gasteiger partial charge is 0.396 e. The first-order valence-corrected chi connectivity index (χ1v) is 10.8. The van der Waals surface area contributed by atoms with Crippen molar-refractivity contribution in [2.24, 2.45) is 0 Å². The molecule has 1 amide bonds. The first-order valence-electron chi connectivity index (χ1n) is 10.4. The fraction of sp³-hybridized carbons (Fsp3) is 0.583. The number of aryl methyl sites for hydroxylation is 1. The van der Waals surface area contributed by atoms with E-state index in [1.54, 1.807) is 0 Å². The Morgan fingerprint density at radius 2 is 1.66 bits per heavy atom. The minimum atomic E-state index is -0.0718. The molecule has 0 heterocycles. The van der Waals surface area contributed by atoms with Crippen LogP contribution in [0.3, 0.4) is 0 Å². The van der Waals surface area contributed by atoms with E-state index in [4.69, 9.17) is 16.7 Å². The van der Waals surface area contributed by atoms with Gasteiger partial charge in [-0.05, 0) is 68.8 Å². The van der Waals surface area contributed by atoms with E-state index in [9.17, 15) is 4.79 Å². The molecule has 0 unspecified atom stereocenters. The van der Waals surface area contributed by atoms with Crippen LogP contribution in [0, 0.1) is 20.8 Å². The monoisotopic (exact) mass is 421 g/mol. The Labute approximate surface area is 183 Å². The molecule has 29 heavy (non-hydrogen) atoms. The highest BCUT2D eigenvalue weighted by Crippen LogP contribution is 2.24. The van der Waals surface area contributed by atoms with E-state index in [2.05, 4.69) is 10.6 Å². The number of hydrogen-bond acceptors (Lipinski definition) is 3. The van der Waals surface area contributed by atoms with Gasteiger partial charge >= 0.3 is 0 Å². The lowest BCUT2D eigenvalue weighted by atomic mass is 9.91. The van der Waals surface area contributed by atoms with E-state index in [1.807, 2.05) is 18.2 Å². The van der Waals surface area contributed by atoms with E-state index in [1.165, 1.54) is 38.0 Å². The summed E-state index contributed by atoms with van der Waals surface area (Å²) in [5.74, 6) is 1.39. The van der Waals surface area contributed by atoms with Gasteiger partial charge < -0.3 is 15.7 Å². The highest BCUT2D eigenvalue weighted by atomic mass is 35.5. The van der Waals surface area contributed by atoms with E-state index in [0.29, 0.717) is 17.1 Å². The number of aliphatic hydroxyl groups is 1. The van der Waals surface area contributed by atoms with Crippen LogP contribution in [-0.4, -0.2) is 37.3 Å². The van der Waals surface area contributed by atoms with Crippen LogP contribution in [-0.2, 0) is 6.42 Å². The third kappa shape index (κ3) is 11.0. The smallest absolute Gasteiger partial charge is 0.252 e. The zero-order chi connectivity index (χ0) is 19.3. The summed E-state index contributed by atoms with van der Waals surface area (Å²) in [6.45, 7) is 2.64. The molecule has 1 fully saturated rings. The summed E-state index contributed by atoms with van der Waals surface area (Å²) >= 11 is 6.28. The third-order valence-electron chi connectivity index (χ3n) is 5.17. The summed E-state index contributed by atoms with van der Waals surface area (Å²) in [6.07, 6.45) is 11.4. The standard InChI is InChI=1S/C22H34ClN2O2.2CH2/c23-21-12-11-18(10-6-13-24-14-7-15-26)16-20(21)22(27)25-17-19-8-4-2-1-3-5-9-19;;/h11-12,16,24,26H,1-10,13-15,17H2,(H,25,27);2*1H2. The fourth-order valence-corrected chi connectivity index (χ4v) is 3.73. The van der Waals surface area contributed by atoms with Gasteiger partial charge in [-0.1, -0.05) is 64.6 Å². The van der Waals surface area contributed by atoms with Gasteiger partial charge in [0.25, 0.3) is 5.91 Å². The first-order chi connectivity index (χ1) is 13.2. The molecule has 3 N–H and O–H groups in total. The van der Waals surface area contributed by atoms with Crippen molar-refractivity contribution in [2.75, 3.05) is 26.2 Å². The van der Waals surface area contributed by atoms with Gasteiger partial charge in [-0.15, -0.1) is 0 Å². The molecule has 1 aliphatic carbocycles. The second kappa shape index (κ2) is 16.7. The molecule has 1 saturated carbocycles. The summed E-state index contributed by atoms with van der Waals surface area (Å²) in [5.41, 5.74) is 1.71. The Kier molecular flexibility index (Phi) is 16.0. The van der Waals surface area contributed by atoms with Gasteiger partial charge in [-0.25, -0.2) is 0 Å². The van der Waals surface area contributed by atoms with E-state index < -0.39 is 0 Å². The average Bonchev–Trinajstić information content (AvgIpc) is 2.64. The molecule has 163 valence electrons. The Hall–Kier alpha value is -1.10. The number of rotatable bonds is 10. The predicted molar refractivity (Wildman–Crippen MR) is 123 cm³/mol. The third-order valence-corrected chi connectivity index (χ3v) is 5.50. The number of hydrogen-bond donors (Lipinski definition) is 3. The van der Waals surface area contributed by atoms with Crippen LogP contribution in [0.1, 0.15) is 73.7 Å². The number of halogens is 1. The molecule has 0 atom stereocenters. The first kappa shape index (κ1) is 27.9. The Morgan fingerprint density at radius 1 is 1.00 bits per heavy atom. The minimum absolute atomic E-state index is 0. The van der Waals surface area contributed by atoms with Crippen molar-refractivity contribution in [1.82, 2.24) is 10.6 Å². The molecule has 5 heteroatoms. The second-order valence-corrected chi connectivity index (χ2v) is 7.85. The molecule has 0 aliphatic heterocycles. The fourth-order valence-electron chi connectivity index (χ4n) is 3.53. The maximum atomic E-state index is 12.6. The van der Waals surface area contributed by atoms with Crippen LogP contribution >= 0.6 is 11.6 Å². The molecule has 0 bridgehead atoms. The maximum absolute atomic E-state index is 12.6. The molecule has 1 aliphatic rings. The van der Waals surface area contributed by atoms with E-state index in [-0.39, 0.29) is 27.4 Å². The molecule has 4 nitrogen and oxygen atoms in total. The van der Waals surface area contributed by atoms with Crippen molar-refractivity contribution in [3.05, 3.63) is 55.1 Å². The van der Waals surface area contributed by atoms with Gasteiger partial charge in [0.2, 0.25) is 0 Å². The van der Waals surface area contributed by atoms with Gasteiger partial charge in [-0.3, -0.25) is 4.79 Å². The van der Waals surface area contributed by atoms with Crippen molar-refractivity contribution in [3.63, 3.8) is 0 Å². The molecule has 0 saturated heterocycles. The van der Waals surface area contributed by atoms with Crippen molar-refractivity contribution in [3.8, 4) is 0 Å². The summed E-state index contributed by atoms with van der Waals surface area (Å²) in [4.78, 5) is 12.6. The topological polar surface area (TPSA) is 61.4 Å². The normalized spacial score (nSPS) is 14.8. The van der Waals surface area contributed by atoms with E-state index >= 15 is 0 Å². The molecule has 0 aromatic heterocycles. The Morgan fingerprint density at radius 3 is 2.34 bits per heavy atom. The lowest BCUT2D eigenvalue weighted by Crippen LogP contribution is -2.29. The SMILES string of the molecule is O=C(NC[C]1CCCCCCC1)c1cc(CCCNCCCO)ccc1Cl.[CH2].[CH2].